The van der Waals surface area contributed by atoms with Gasteiger partial charge in [-0.25, -0.2) is 0 Å². The van der Waals surface area contributed by atoms with E-state index in [1.807, 2.05) is 13.8 Å². The Kier molecular flexibility index (Phi) is 13.0. The summed E-state index contributed by atoms with van der Waals surface area (Å²) in [6.45, 7) is 39.6. The van der Waals surface area contributed by atoms with Gasteiger partial charge >= 0.3 is 5.97 Å². The fourth-order valence-corrected chi connectivity index (χ4v) is 11.6. The molecule has 0 aromatic carbocycles. The Morgan fingerprint density at radius 2 is 1.43 bits per heavy atom. The van der Waals surface area contributed by atoms with Crippen molar-refractivity contribution >= 4 is 22.6 Å². The number of carbonyl (C=O) groups excluding carboxylic acids is 1. The van der Waals surface area contributed by atoms with Crippen LogP contribution in [0.4, 0.5) is 0 Å². The molecule has 53 heavy (non-hydrogen) atoms. The number of likely N-dealkylation sites (N-methyl/N-ethyl adjacent to an activating group) is 1. The number of fused-ring (bicyclic) bond motifs is 2. The first-order valence-electron chi connectivity index (χ1n) is 20.6. The molecule has 9 nitrogen and oxygen atoms in total. The van der Waals surface area contributed by atoms with Crippen LogP contribution in [0, 0.1) is 17.8 Å². The molecular formula is C42H79NO8Si2. The monoisotopic (exact) mass is 782 g/mol. The van der Waals surface area contributed by atoms with Crippen LogP contribution in [0.15, 0.2) is 11.6 Å². The summed E-state index contributed by atoms with van der Waals surface area (Å²) in [5, 5.41) is -0.0954. The summed E-state index contributed by atoms with van der Waals surface area (Å²) >= 11 is 0. The Morgan fingerprint density at radius 1 is 0.887 bits per heavy atom. The van der Waals surface area contributed by atoms with Gasteiger partial charge in [-0.05, 0) is 115 Å². The Balaban J connectivity index is 1.94. The quantitative estimate of drug-likeness (QED) is 0.129. The summed E-state index contributed by atoms with van der Waals surface area (Å²) in [5.41, 5.74) is -0.584. The summed E-state index contributed by atoms with van der Waals surface area (Å²) in [4.78, 5) is 16.7. The molecule has 3 bridgehead atoms. The topological polar surface area (TPSA) is 84.9 Å². The van der Waals surface area contributed by atoms with E-state index >= 15 is 0 Å². The van der Waals surface area contributed by atoms with Crippen molar-refractivity contribution in [3.8, 4) is 0 Å². The molecule has 3 saturated heterocycles. The van der Waals surface area contributed by atoms with Gasteiger partial charge in [0.05, 0.1) is 29.8 Å². The number of nitrogens with zero attached hydrogens (tertiary/aromatic N) is 1. The highest BCUT2D eigenvalue weighted by Gasteiger charge is 2.66. The Labute approximate surface area is 326 Å². The van der Waals surface area contributed by atoms with Crippen LogP contribution in [0.2, 0.25) is 36.3 Å². The third kappa shape index (κ3) is 8.50. The van der Waals surface area contributed by atoms with E-state index < -0.39 is 64.1 Å². The molecule has 0 aromatic heterocycles. The number of ether oxygens (including phenoxy) is 5. The maximum Gasteiger partial charge on any atom is 0.311 e. The molecule has 308 valence electrons. The highest BCUT2D eigenvalue weighted by Crippen LogP contribution is 2.58. The minimum Gasteiger partial charge on any atom is -0.459 e. The van der Waals surface area contributed by atoms with Gasteiger partial charge in [-0.3, -0.25) is 4.79 Å². The number of hydrogen-bond acceptors (Lipinski definition) is 9. The molecule has 0 radical (unpaired) electrons. The zero-order valence-corrected chi connectivity index (χ0v) is 39.4. The summed E-state index contributed by atoms with van der Waals surface area (Å²) in [5.74, 6) is -2.13. The maximum absolute atomic E-state index is 14.5. The van der Waals surface area contributed by atoms with Crippen molar-refractivity contribution in [1.29, 1.82) is 0 Å². The van der Waals surface area contributed by atoms with Crippen LogP contribution < -0.4 is 0 Å². The van der Waals surface area contributed by atoms with Gasteiger partial charge in [0.25, 0.3) is 0 Å². The lowest BCUT2D eigenvalue weighted by Crippen LogP contribution is -2.63. The average molecular weight is 782 g/mol. The summed E-state index contributed by atoms with van der Waals surface area (Å²) < 4.78 is 50.2. The highest BCUT2D eigenvalue weighted by atomic mass is 28.4. The van der Waals surface area contributed by atoms with Gasteiger partial charge in [-0.15, -0.1) is 0 Å². The molecule has 11 heteroatoms. The lowest BCUT2D eigenvalue weighted by molar-refractivity contribution is -0.326. The van der Waals surface area contributed by atoms with Crippen LogP contribution in [0.3, 0.4) is 0 Å². The van der Waals surface area contributed by atoms with Gasteiger partial charge in [-0.2, -0.15) is 0 Å². The van der Waals surface area contributed by atoms with Gasteiger partial charge in [0.1, 0.15) is 17.8 Å². The lowest BCUT2D eigenvalue weighted by Gasteiger charge is -2.52. The van der Waals surface area contributed by atoms with Crippen LogP contribution >= 0.6 is 0 Å². The van der Waals surface area contributed by atoms with E-state index in [1.54, 1.807) is 0 Å². The second kappa shape index (κ2) is 15.3. The van der Waals surface area contributed by atoms with Gasteiger partial charge in [0.15, 0.2) is 28.7 Å². The zero-order chi connectivity index (χ0) is 40.5. The predicted molar refractivity (Wildman–Crippen MR) is 218 cm³/mol. The zero-order valence-electron chi connectivity index (χ0n) is 37.4. The molecule has 4 aliphatic rings. The minimum absolute atomic E-state index is 0.00460. The van der Waals surface area contributed by atoms with E-state index in [2.05, 4.69) is 134 Å². The number of esters is 1. The van der Waals surface area contributed by atoms with Crippen molar-refractivity contribution in [2.75, 3.05) is 14.1 Å². The van der Waals surface area contributed by atoms with E-state index in [1.165, 1.54) is 0 Å². The van der Waals surface area contributed by atoms with Crippen LogP contribution in [-0.2, 0) is 37.3 Å². The third-order valence-electron chi connectivity index (χ3n) is 14.1. The molecule has 1 unspecified atom stereocenters. The van der Waals surface area contributed by atoms with E-state index in [4.69, 9.17) is 32.5 Å². The number of rotatable bonds is 9. The van der Waals surface area contributed by atoms with Gasteiger partial charge < -0.3 is 37.4 Å². The third-order valence-corrected chi connectivity index (χ3v) is 23.1. The molecule has 13 atom stereocenters. The molecule has 1 spiro atoms. The minimum atomic E-state index is -2.41. The fourth-order valence-electron chi connectivity index (χ4n) is 8.88. The second-order valence-electron chi connectivity index (χ2n) is 20.8. The molecular weight excluding hydrogens is 703 g/mol. The highest BCUT2D eigenvalue weighted by molar-refractivity contribution is 6.74. The SMILES string of the molecule is CCC1=C[C@]2(C)OC13O[C@](C)(C[C@H]3C)[C@H](O[C@@H]1O[C@H](C)C[C@H](N(C)C)[C@H]1O[Si](C)(C)C(C)(C)C)[C@@H](C)[C@H](O[Si](C)(C)C(C)(C)C)[C@@H](C)C(=O)O[C@@H]2CC. The fraction of sp³-hybridized carbons (Fsp3) is 0.929. The molecule has 0 saturated carbocycles. The first-order valence-corrected chi connectivity index (χ1v) is 26.5. The number of hydrogen-bond donors (Lipinski definition) is 0. The Bertz CT molecular complexity index is 1340. The molecule has 3 fully saturated rings. The van der Waals surface area contributed by atoms with E-state index in [-0.39, 0.29) is 46.1 Å². The number of cyclic esters (lactones) is 1. The average Bonchev–Trinajstić information content (AvgIpc) is 3.46. The van der Waals surface area contributed by atoms with Crippen molar-refractivity contribution in [3.63, 3.8) is 0 Å². The smallest absolute Gasteiger partial charge is 0.311 e. The van der Waals surface area contributed by atoms with Gasteiger partial charge in [-0.1, -0.05) is 69.2 Å². The van der Waals surface area contributed by atoms with Crippen LogP contribution in [0.5, 0.6) is 0 Å². The number of carbonyl (C=O) groups is 1. The molecule has 0 amide bonds. The van der Waals surface area contributed by atoms with E-state index in [0.29, 0.717) is 12.8 Å². The first-order chi connectivity index (χ1) is 24.0. The Hall–Kier alpha value is -0.636. The van der Waals surface area contributed by atoms with Gasteiger partial charge in [0, 0.05) is 17.9 Å². The molecule has 0 aliphatic carbocycles. The standard InChI is InChI=1S/C42H79NO8Si2/c1-21-30-25-40(13)32(22-2)46-36(44)29(6)33(48-52(17,18)38(7,8)9)28(5)35(41(14)24-26(3)42(30,50-40)51-41)47-37-34(49-53(19,20)39(10,11)12)31(43(15)16)23-27(4)45-37/h25-29,31-35,37H,21-24H2,1-20H3/t26-,27-,28+,29-,31+,32-,33+,34-,35-,37+,40+,41-,42?/m1/s1. The summed E-state index contributed by atoms with van der Waals surface area (Å²) in [6.07, 6.45) is 2.46. The lowest BCUT2D eigenvalue weighted by atomic mass is 9.78. The normalized spacial score (nSPS) is 41.9. The van der Waals surface area contributed by atoms with Gasteiger partial charge in [0.2, 0.25) is 0 Å². The molecule has 4 aliphatic heterocycles. The van der Waals surface area contributed by atoms with E-state index in [9.17, 15) is 4.79 Å². The van der Waals surface area contributed by atoms with Crippen LogP contribution in [0.25, 0.3) is 0 Å². The Morgan fingerprint density at radius 3 is 1.92 bits per heavy atom. The molecule has 4 rings (SSSR count). The van der Waals surface area contributed by atoms with Crippen molar-refractivity contribution in [3.05, 3.63) is 11.6 Å². The van der Waals surface area contributed by atoms with Crippen molar-refractivity contribution in [1.82, 2.24) is 4.90 Å². The van der Waals surface area contributed by atoms with Crippen LogP contribution in [0.1, 0.15) is 123 Å². The van der Waals surface area contributed by atoms with Crippen molar-refractivity contribution in [2.45, 2.75) is 219 Å². The summed E-state index contributed by atoms with van der Waals surface area (Å²) in [7, 11) is -0.435. The second-order valence-corrected chi connectivity index (χ2v) is 30.3. The summed E-state index contributed by atoms with van der Waals surface area (Å²) in [6, 6.07) is 0.0784. The molecule has 4 heterocycles. The first kappa shape index (κ1) is 45.1. The van der Waals surface area contributed by atoms with Crippen molar-refractivity contribution in [2.24, 2.45) is 17.8 Å². The largest absolute Gasteiger partial charge is 0.459 e. The van der Waals surface area contributed by atoms with E-state index in [0.717, 1.165) is 18.4 Å². The molecule has 0 N–H and O–H groups in total. The van der Waals surface area contributed by atoms with Crippen LogP contribution in [-0.4, -0.2) is 101 Å². The maximum atomic E-state index is 14.5. The van der Waals surface area contributed by atoms with Crippen molar-refractivity contribution < 1.29 is 37.3 Å². The predicted octanol–water partition coefficient (Wildman–Crippen LogP) is 9.46. The molecule has 0 aromatic rings.